The number of hydrogen-bond acceptors (Lipinski definition) is 18. The quantitative estimate of drug-likeness (QED) is 0.0168. The molecule has 0 aliphatic carbocycles. The summed E-state index contributed by atoms with van der Waals surface area (Å²) in [5.74, 6) is 15.3. The minimum Gasteiger partial charge on any atom is -0.497 e. The fourth-order valence-electron chi connectivity index (χ4n) is 5.22. The number of benzene rings is 6. The third-order valence-corrected chi connectivity index (χ3v) is 10.9. The van der Waals surface area contributed by atoms with Crippen molar-refractivity contribution in [3.8, 4) is 40.2 Å². The molecule has 0 fully saturated rings. The van der Waals surface area contributed by atoms with Gasteiger partial charge in [-0.05, 0) is 79.7 Å². The Kier molecular flexibility index (Phi) is 28.8. The van der Waals surface area contributed by atoms with Crippen LogP contribution in [0.1, 0.15) is 5.82 Å². The lowest BCUT2D eigenvalue weighted by atomic mass is 10.3. The molecule has 29 heteroatoms. The number of hydrazone groups is 2. The Hall–Kier alpha value is -7.74. The zero-order chi connectivity index (χ0) is 56.9. The van der Waals surface area contributed by atoms with Crippen molar-refractivity contribution in [2.24, 2.45) is 44.8 Å². The average molecular weight is 1170 g/mol. The summed E-state index contributed by atoms with van der Waals surface area (Å²) < 4.78 is 31.4. The van der Waals surface area contributed by atoms with Crippen LogP contribution in [0.5, 0.6) is 34.5 Å². The fraction of sp³-hybridized carbons (Fsp3) is 0.149. The molecule has 7 rings (SSSR count). The van der Waals surface area contributed by atoms with Gasteiger partial charge in [-0.25, -0.2) is 4.68 Å². The van der Waals surface area contributed by atoms with E-state index in [9.17, 15) is 0 Å². The van der Waals surface area contributed by atoms with E-state index in [1.807, 2.05) is 13.0 Å². The Morgan fingerprint density at radius 3 is 1.01 bits per heavy atom. The van der Waals surface area contributed by atoms with Gasteiger partial charge >= 0.3 is 0 Å². The summed E-state index contributed by atoms with van der Waals surface area (Å²) in [7, 11) is 9.47. The van der Waals surface area contributed by atoms with Crippen molar-refractivity contribution in [1.82, 2.24) is 14.8 Å². The fourth-order valence-corrected chi connectivity index (χ4v) is 6.51. The Bertz CT molecular complexity index is 2840. The summed E-state index contributed by atoms with van der Waals surface area (Å²) in [6.07, 6.45) is 0. The Morgan fingerprint density at radius 2 is 0.750 bits per heavy atom. The maximum absolute atomic E-state index is 6.11. The topological polar surface area (TPSA) is 367 Å². The van der Waals surface area contributed by atoms with E-state index >= 15 is 0 Å². The van der Waals surface area contributed by atoms with Crippen LogP contribution in [-0.2, 0) is 0 Å². The molecule has 0 amide bonds. The monoisotopic (exact) mass is 1170 g/mol. The van der Waals surface area contributed by atoms with Crippen LogP contribution in [-0.4, -0.2) is 69.3 Å². The van der Waals surface area contributed by atoms with E-state index in [1.165, 1.54) is 0 Å². The number of hydrazine groups is 2. The number of halogens is 6. The number of guanidine groups is 2. The molecular formula is C47H59Cl6N17O6. The number of hydrogen-bond donors (Lipinski definition) is 12. The first-order valence-electron chi connectivity index (χ1n) is 21.3. The summed E-state index contributed by atoms with van der Waals surface area (Å²) in [5, 5.41) is 14.4. The second-order valence-electron chi connectivity index (χ2n) is 14.1. The predicted molar refractivity (Wildman–Crippen MR) is 311 cm³/mol. The van der Waals surface area contributed by atoms with Crippen LogP contribution in [0.25, 0.3) is 5.69 Å². The highest BCUT2D eigenvalue weighted by molar-refractivity contribution is 6.35. The molecule has 20 N–H and O–H groups in total. The van der Waals surface area contributed by atoms with Crippen molar-refractivity contribution in [3.05, 3.63) is 145 Å². The molecule has 23 nitrogen and oxygen atoms in total. The number of rotatable bonds is 13. The van der Waals surface area contributed by atoms with Gasteiger partial charge in [0.25, 0.3) is 0 Å². The van der Waals surface area contributed by atoms with Gasteiger partial charge in [0.1, 0.15) is 40.3 Å². The standard InChI is InChI=1S/C10H11ClN4O.2C8H11ClN4O.2C7H9ClN2O.C7H8ClNO/c1-6-13-10(12)14-15(6)9-4-3-7(16-2)5-8(9)11;2*1-14-5-2-3-7(6(9)4-5)12-13-8(10)11;2*1-11-5-2-3-7(10-9)6(8)4-5;1-10-5-2-3-7(9)6(8)4-5/h3-5H,1-2H3,(H2,12,14);2*2-4,12H,1H3,(H4,10,11,13);2*2-4,10H,9H2,1H3;2-4H,9H2,1H3. The molecule has 0 bridgehead atoms. The first-order valence-corrected chi connectivity index (χ1v) is 23.5. The Morgan fingerprint density at radius 1 is 0.447 bits per heavy atom. The van der Waals surface area contributed by atoms with Gasteiger partial charge in [-0.2, -0.15) is 4.98 Å². The largest absolute Gasteiger partial charge is 0.497 e. The Labute approximate surface area is 469 Å². The van der Waals surface area contributed by atoms with Crippen molar-refractivity contribution in [1.29, 1.82) is 0 Å². The molecule has 0 saturated heterocycles. The SMILES string of the molecule is COc1ccc(-n2nc(N)nc2C)c(Cl)c1.COc1ccc(N)c(Cl)c1.COc1ccc(NN)c(Cl)c1.COc1ccc(NN)c(Cl)c1.COc1ccc(NN=C(N)N)c(Cl)c1.COc1ccc(NN=C(N)N)c(Cl)c1. The number of methoxy groups -OCH3 is 6. The summed E-state index contributed by atoms with van der Waals surface area (Å²) in [5.41, 5.74) is 45.6. The van der Waals surface area contributed by atoms with Gasteiger partial charge in [-0.1, -0.05) is 69.6 Å². The molecule has 76 heavy (non-hydrogen) atoms. The van der Waals surface area contributed by atoms with Crippen LogP contribution in [0, 0.1) is 6.92 Å². The first kappa shape index (κ1) is 64.4. The predicted octanol–water partition coefficient (Wildman–Crippen LogP) is 8.92. The number of nitrogens with two attached hydrogens (primary N) is 8. The minimum absolute atomic E-state index is 0.0584. The van der Waals surface area contributed by atoms with Crippen molar-refractivity contribution in [2.75, 3.05) is 75.8 Å². The van der Waals surface area contributed by atoms with Gasteiger partial charge in [0.15, 0.2) is 0 Å². The van der Waals surface area contributed by atoms with Gasteiger partial charge in [-0.3, -0.25) is 22.5 Å². The summed E-state index contributed by atoms with van der Waals surface area (Å²) >= 11 is 35.2. The van der Waals surface area contributed by atoms with E-state index in [-0.39, 0.29) is 17.9 Å². The number of nitrogens with one attached hydrogen (secondary N) is 4. The average Bonchev–Trinajstić information content (AvgIpc) is 3.75. The number of aromatic nitrogens is 3. The highest BCUT2D eigenvalue weighted by Crippen LogP contribution is 2.30. The van der Waals surface area contributed by atoms with Gasteiger partial charge in [0.2, 0.25) is 17.9 Å². The van der Waals surface area contributed by atoms with E-state index in [1.54, 1.807) is 150 Å². The Balaban J connectivity index is 0.000000314. The maximum Gasteiger partial charge on any atom is 0.240 e. The normalized spacial score (nSPS) is 9.57. The molecule has 1 aromatic heterocycles. The van der Waals surface area contributed by atoms with E-state index in [0.29, 0.717) is 93.1 Å². The molecule has 0 unspecified atom stereocenters. The van der Waals surface area contributed by atoms with Crippen LogP contribution in [0.2, 0.25) is 30.1 Å². The highest BCUT2D eigenvalue weighted by Gasteiger charge is 2.10. The number of anilines is 6. The first-order chi connectivity index (χ1) is 36.2. The second-order valence-corrected chi connectivity index (χ2v) is 16.5. The molecular weight excluding hydrogens is 1110 g/mol. The van der Waals surface area contributed by atoms with E-state index in [2.05, 4.69) is 42.0 Å². The van der Waals surface area contributed by atoms with E-state index < -0.39 is 0 Å². The highest BCUT2D eigenvalue weighted by atomic mass is 35.5. The second kappa shape index (κ2) is 34.0. The number of aryl methyl sites for hydroxylation is 1. The molecule has 1 heterocycles. The molecule has 6 aromatic carbocycles. The van der Waals surface area contributed by atoms with Crippen molar-refractivity contribution >= 4 is 116 Å². The van der Waals surface area contributed by atoms with E-state index in [4.69, 9.17) is 144 Å². The van der Waals surface area contributed by atoms with Gasteiger partial charge < -0.3 is 73.7 Å². The zero-order valence-corrected chi connectivity index (χ0v) is 46.5. The minimum atomic E-state index is -0.0584. The molecule has 0 saturated carbocycles. The number of nitrogen functional groups attached to an aromatic ring is 4. The third kappa shape index (κ3) is 22.4. The number of ether oxygens (including phenoxy) is 6. The maximum atomic E-state index is 6.11. The van der Waals surface area contributed by atoms with Gasteiger partial charge in [0.05, 0.1) is 107 Å². The molecule has 0 atom stereocenters. The lowest BCUT2D eigenvalue weighted by molar-refractivity contribution is 0.414. The van der Waals surface area contributed by atoms with Gasteiger partial charge in [-0.15, -0.1) is 15.3 Å². The summed E-state index contributed by atoms with van der Waals surface area (Å²) in [6, 6.07) is 31.2. The third-order valence-electron chi connectivity index (χ3n) is 9.00. The van der Waals surface area contributed by atoms with Gasteiger partial charge in [0, 0.05) is 36.4 Å². The van der Waals surface area contributed by atoms with Crippen LogP contribution >= 0.6 is 69.6 Å². The lowest BCUT2D eigenvalue weighted by Crippen LogP contribution is -2.23. The lowest BCUT2D eigenvalue weighted by Gasteiger charge is -2.07. The van der Waals surface area contributed by atoms with E-state index in [0.717, 1.165) is 11.4 Å². The molecule has 0 radical (unpaired) electrons. The zero-order valence-electron chi connectivity index (χ0n) is 42.0. The molecule has 0 spiro atoms. The van der Waals surface area contributed by atoms with Crippen LogP contribution in [0.3, 0.4) is 0 Å². The molecule has 0 aliphatic heterocycles. The molecule has 0 aliphatic rings. The van der Waals surface area contributed by atoms with Crippen molar-refractivity contribution < 1.29 is 28.4 Å². The van der Waals surface area contributed by atoms with Crippen LogP contribution in [0.15, 0.2) is 119 Å². The summed E-state index contributed by atoms with van der Waals surface area (Å²) in [6.45, 7) is 1.81. The van der Waals surface area contributed by atoms with Crippen LogP contribution in [0.4, 0.5) is 34.4 Å². The van der Waals surface area contributed by atoms with Crippen molar-refractivity contribution in [2.45, 2.75) is 6.92 Å². The number of nitrogens with zero attached hydrogens (tertiary/aromatic N) is 5. The van der Waals surface area contributed by atoms with Crippen LogP contribution < -0.4 is 96.2 Å². The molecule has 7 aromatic rings. The summed E-state index contributed by atoms with van der Waals surface area (Å²) in [4.78, 5) is 4.01. The van der Waals surface area contributed by atoms with Crippen molar-refractivity contribution in [3.63, 3.8) is 0 Å². The molecule has 410 valence electrons. The smallest absolute Gasteiger partial charge is 0.240 e.